The van der Waals surface area contributed by atoms with Crippen molar-refractivity contribution in [3.63, 3.8) is 0 Å². The zero-order valence-corrected chi connectivity index (χ0v) is 11.4. The normalized spacial score (nSPS) is 10.5. The van der Waals surface area contributed by atoms with Crippen LogP contribution in [-0.2, 0) is 16.5 Å². The van der Waals surface area contributed by atoms with Gasteiger partial charge in [0.2, 0.25) is 0 Å². The van der Waals surface area contributed by atoms with Crippen LogP contribution in [0.2, 0.25) is 0 Å². The minimum absolute atomic E-state index is 0. The van der Waals surface area contributed by atoms with Crippen LogP contribution < -0.4 is 0 Å². The first-order valence-corrected chi connectivity index (χ1v) is 5.45. The fraction of sp³-hybridized carbons (Fsp3) is 0.462. The minimum Gasteiger partial charge on any atom is -0.507 e. The number of carbonyl (C=O) groups is 1. The van der Waals surface area contributed by atoms with Gasteiger partial charge in [-0.15, -0.1) is 0 Å². The zero-order valence-electron chi connectivity index (χ0n) is 10.4. The van der Waals surface area contributed by atoms with Crippen molar-refractivity contribution in [2.75, 3.05) is 0 Å². The van der Waals surface area contributed by atoms with Gasteiger partial charge in [0.25, 0.3) is 0 Å². The molecule has 3 nitrogen and oxygen atoms in total. The molecule has 1 aromatic rings. The fourth-order valence-electron chi connectivity index (χ4n) is 1.91. The molecule has 0 aromatic heterocycles. The number of hydrogen-bond donors (Lipinski definition) is 2. The summed E-state index contributed by atoms with van der Waals surface area (Å²) in [5, 5.41) is 18.9. The third-order valence-electron chi connectivity index (χ3n) is 2.68. The summed E-state index contributed by atoms with van der Waals surface area (Å²) in [7, 11) is 0. The molecular weight excluding hydrogens is 263 g/mol. The molecule has 0 radical (unpaired) electrons. The summed E-state index contributed by atoms with van der Waals surface area (Å²) in [6.45, 7) is 7.96. The van der Waals surface area contributed by atoms with E-state index in [2.05, 4.69) is 0 Å². The molecule has 0 spiro atoms. The van der Waals surface area contributed by atoms with Crippen LogP contribution in [0.1, 0.15) is 61.0 Å². The molecule has 4 heteroatoms. The van der Waals surface area contributed by atoms with E-state index in [9.17, 15) is 9.90 Å². The average Bonchev–Trinajstić information content (AvgIpc) is 2.15. The van der Waals surface area contributed by atoms with Gasteiger partial charge in [-0.3, -0.25) is 0 Å². The summed E-state index contributed by atoms with van der Waals surface area (Å²) in [6, 6.07) is 3.27. The Morgan fingerprint density at radius 3 is 2.00 bits per heavy atom. The van der Waals surface area contributed by atoms with Gasteiger partial charge < -0.3 is 10.2 Å². The Balaban J connectivity index is 0.00000256. The standard InChI is InChI=1S/C13H18O3.Ni/c1-7(2)9-5-6-10(13(15)16)12(14)11(9)8(3)4;/h5-8,14H,1-4H3,(H,15,16);. The Kier molecular flexibility index (Phi) is 5.70. The maximum Gasteiger partial charge on any atom is 0.339 e. The molecule has 0 aliphatic carbocycles. The number of aromatic carboxylic acids is 1. The van der Waals surface area contributed by atoms with Crippen molar-refractivity contribution in [2.24, 2.45) is 0 Å². The summed E-state index contributed by atoms with van der Waals surface area (Å²) in [5.41, 5.74) is 1.74. The smallest absolute Gasteiger partial charge is 0.339 e. The maximum absolute atomic E-state index is 10.9. The van der Waals surface area contributed by atoms with Crippen molar-refractivity contribution >= 4 is 5.97 Å². The van der Waals surface area contributed by atoms with Crippen LogP contribution in [0.4, 0.5) is 0 Å². The topological polar surface area (TPSA) is 57.5 Å². The van der Waals surface area contributed by atoms with Gasteiger partial charge in [0.1, 0.15) is 11.3 Å². The van der Waals surface area contributed by atoms with Crippen LogP contribution >= 0.6 is 0 Å². The molecule has 2 N–H and O–H groups in total. The second-order valence-electron chi connectivity index (χ2n) is 4.58. The molecule has 0 aliphatic rings. The fourth-order valence-corrected chi connectivity index (χ4v) is 1.91. The predicted molar refractivity (Wildman–Crippen MR) is 63.2 cm³/mol. The molecule has 17 heavy (non-hydrogen) atoms. The van der Waals surface area contributed by atoms with Gasteiger partial charge in [-0.2, -0.15) is 0 Å². The van der Waals surface area contributed by atoms with E-state index >= 15 is 0 Å². The van der Waals surface area contributed by atoms with Gasteiger partial charge in [0.05, 0.1) is 0 Å². The predicted octanol–water partition coefficient (Wildman–Crippen LogP) is 3.33. The van der Waals surface area contributed by atoms with Crippen LogP contribution in [0.5, 0.6) is 5.75 Å². The van der Waals surface area contributed by atoms with Gasteiger partial charge in [0, 0.05) is 22.1 Å². The van der Waals surface area contributed by atoms with E-state index in [1.54, 1.807) is 6.07 Å². The van der Waals surface area contributed by atoms with Gasteiger partial charge in [-0.05, 0) is 23.5 Å². The molecule has 0 amide bonds. The number of hydrogen-bond acceptors (Lipinski definition) is 2. The largest absolute Gasteiger partial charge is 0.507 e. The van der Waals surface area contributed by atoms with Gasteiger partial charge >= 0.3 is 5.97 Å². The Hall–Kier alpha value is -1.02. The van der Waals surface area contributed by atoms with Crippen molar-refractivity contribution in [3.05, 3.63) is 28.8 Å². The maximum atomic E-state index is 10.9. The molecule has 0 aliphatic heterocycles. The molecule has 0 saturated carbocycles. The first kappa shape index (κ1) is 16.0. The third-order valence-corrected chi connectivity index (χ3v) is 2.68. The summed E-state index contributed by atoms with van der Waals surface area (Å²) < 4.78 is 0. The SMILES string of the molecule is CC(C)c1ccc(C(=O)O)c(O)c1C(C)C.[Ni]. The van der Waals surface area contributed by atoms with E-state index in [0.717, 1.165) is 11.1 Å². The van der Waals surface area contributed by atoms with Gasteiger partial charge in [-0.1, -0.05) is 33.8 Å². The molecule has 98 valence electrons. The Morgan fingerprint density at radius 2 is 1.65 bits per heavy atom. The van der Waals surface area contributed by atoms with Crippen molar-refractivity contribution in [3.8, 4) is 5.75 Å². The summed E-state index contributed by atoms with van der Waals surface area (Å²) in [5.74, 6) is -0.800. The molecule has 1 rings (SSSR count). The van der Waals surface area contributed by atoms with Crippen LogP contribution in [0, 0.1) is 0 Å². The van der Waals surface area contributed by atoms with Crippen molar-refractivity contribution in [2.45, 2.75) is 39.5 Å². The molecular formula is C13H18NiO3. The first-order valence-electron chi connectivity index (χ1n) is 5.45. The third kappa shape index (κ3) is 3.23. The van der Waals surface area contributed by atoms with Gasteiger partial charge in [0.15, 0.2) is 0 Å². The van der Waals surface area contributed by atoms with Crippen LogP contribution in [0.3, 0.4) is 0 Å². The molecule has 1 aromatic carbocycles. The second-order valence-corrected chi connectivity index (χ2v) is 4.58. The number of benzene rings is 1. The molecule has 0 atom stereocenters. The van der Waals surface area contributed by atoms with E-state index in [1.807, 2.05) is 27.7 Å². The van der Waals surface area contributed by atoms with Crippen LogP contribution in [-0.4, -0.2) is 16.2 Å². The van der Waals surface area contributed by atoms with E-state index in [4.69, 9.17) is 5.11 Å². The molecule has 0 unspecified atom stereocenters. The number of carboxylic acids is 1. The van der Waals surface area contributed by atoms with Crippen molar-refractivity contribution < 1.29 is 31.5 Å². The summed E-state index contributed by atoms with van der Waals surface area (Å²) in [6.07, 6.45) is 0. The quantitative estimate of drug-likeness (QED) is 0.835. The van der Waals surface area contributed by atoms with E-state index in [-0.39, 0.29) is 39.6 Å². The Bertz CT molecular complexity index is 411. The average molecular weight is 281 g/mol. The zero-order chi connectivity index (χ0) is 12.5. The van der Waals surface area contributed by atoms with E-state index < -0.39 is 5.97 Å². The number of phenols is 1. The molecule has 0 fully saturated rings. The number of rotatable bonds is 3. The number of aromatic hydroxyl groups is 1. The van der Waals surface area contributed by atoms with Crippen LogP contribution in [0.15, 0.2) is 12.1 Å². The van der Waals surface area contributed by atoms with Crippen molar-refractivity contribution in [1.29, 1.82) is 0 Å². The summed E-state index contributed by atoms with van der Waals surface area (Å²) in [4.78, 5) is 10.9. The van der Waals surface area contributed by atoms with Crippen molar-refractivity contribution in [1.82, 2.24) is 0 Å². The molecule has 0 bridgehead atoms. The monoisotopic (exact) mass is 280 g/mol. The Labute approximate surface area is 112 Å². The molecule has 0 heterocycles. The Morgan fingerprint density at radius 1 is 1.12 bits per heavy atom. The molecule has 0 saturated heterocycles. The van der Waals surface area contributed by atoms with Gasteiger partial charge in [-0.25, -0.2) is 4.79 Å². The van der Waals surface area contributed by atoms with Crippen LogP contribution in [0.25, 0.3) is 0 Å². The second kappa shape index (κ2) is 6.06. The van der Waals surface area contributed by atoms with E-state index in [1.165, 1.54) is 6.07 Å². The first-order chi connectivity index (χ1) is 7.36. The number of carboxylic acid groups (broad SMARTS) is 1. The minimum atomic E-state index is -1.09. The van der Waals surface area contributed by atoms with E-state index in [0.29, 0.717) is 0 Å². The summed E-state index contributed by atoms with van der Waals surface area (Å²) >= 11 is 0.